The van der Waals surface area contributed by atoms with Gasteiger partial charge in [0.2, 0.25) is 0 Å². The van der Waals surface area contributed by atoms with E-state index in [1.807, 2.05) is 42.5 Å². The number of carbonyl (C=O) groups excluding carboxylic acids is 1. The fourth-order valence-corrected chi connectivity index (χ4v) is 3.77. The molecule has 4 aromatic rings. The van der Waals surface area contributed by atoms with Crippen molar-refractivity contribution in [3.63, 3.8) is 0 Å². The second-order valence-corrected chi connectivity index (χ2v) is 9.06. The molecule has 4 rings (SSSR count). The molecule has 3 aromatic heterocycles. The molecule has 9 heteroatoms. The fourth-order valence-electron chi connectivity index (χ4n) is 3.54. The van der Waals surface area contributed by atoms with Gasteiger partial charge < -0.3 is 14.8 Å². The lowest BCUT2D eigenvalue weighted by Gasteiger charge is -2.12. The van der Waals surface area contributed by atoms with Gasteiger partial charge in [-0.2, -0.15) is 0 Å². The highest BCUT2D eigenvalue weighted by molar-refractivity contribution is 5.90. The summed E-state index contributed by atoms with van der Waals surface area (Å²) in [5, 5.41) is 4.74. The van der Waals surface area contributed by atoms with E-state index in [9.17, 15) is 4.79 Å². The fraction of sp³-hybridized carbons (Fsp3) is 0.296. The van der Waals surface area contributed by atoms with Crippen molar-refractivity contribution >= 4 is 28.5 Å². The molecule has 8 nitrogen and oxygen atoms in total. The Morgan fingerprint density at radius 1 is 1.06 bits per heavy atom. The van der Waals surface area contributed by atoms with Crippen molar-refractivity contribution in [3.05, 3.63) is 71.1 Å². The molecule has 186 valence electrons. The molecular weight excluding hydrogens is 478 g/mol. The molecule has 1 N–H and O–H groups in total. The third kappa shape index (κ3) is 6.53. The molecular formula is C27H29ClN5O3+. The van der Waals surface area contributed by atoms with Crippen LogP contribution in [-0.2, 0) is 27.3 Å². The first-order chi connectivity index (χ1) is 17.4. The number of esters is 1. The van der Waals surface area contributed by atoms with Crippen LogP contribution >= 0.6 is 0 Å². The number of anilines is 2. The van der Waals surface area contributed by atoms with Crippen LogP contribution in [0.15, 0.2) is 54.7 Å². The SMILES string of the molecule is CCOC(=O)Cc1ccc(Nc2nc(COCC(C)C)nc3nc(-c4ncccc4[ClH+])ccc23)cc1. The van der Waals surface area contributed by atoms with Crippen LogP contribution in [-0.4, -0.2) is 39.1 Å². The highest BCUT2D eigenvalue weighted by atomic mass is 35.5. The molecule has 0 spiro atoms. The maximum atomic E-state index is 11.8. The number of nitrogens with one attached hydrogen (secondary N) is 1. The monoisotopic (exact) mass is 506 g/mol. The van der Waals surface area contributed by atoms with Gasteiger partial charge >= 0.3 is 5.97 Å². The summed E-state index contributed by atoms with van der Waals surface area (Å²) in [7, 11) is 0. The number of fused-ring (bicyclic) bond motifs is 1. The number of hydrogen-bond donors (Lipinski definition) is 1. The first-order valence-corrected chi connectivity index (χ1v) is 12.2. The summed E-state index contributed by atoms with van der Waals surface area (Å²) in [6.07, 6.45) is 1.92. The predicted molar refractivity (Wildman–Crippen MR) is 136 cm³/mol. The van der Waals surface area contributed by atoms with Gasteiger partial charge in [-0.25, -0.2) is 19.9 Å². The van der Waals surface area contributed by atoms with Gasteiger partial charge in [-0.05, 0) is 48.7 Å². The predicted octanol–water partition coefficient (Wildman–Crippen LogP) is 4.80. The summed E-state index contributed by atoms with van der Waals surface area (Å²) in [6.45, 7) is 7.21. The van der Waals surface area contributed by atoms with E-state index in [4.69, 9.17) is 31.0 Å². The van der Waals surface area contributed by atoms with Crippen molar-refractivity contribution in [2.45, 2.75) is 33.8 Å². The normalized spacial score (nSPS) is 11.1. The van der Waals surface area contributed by atoms with Crippen LogP contribution in [0.25, 0.3) is 22.4 Å². The summed E-state index contributed by atoms with van der Waals surface area (Å²) in [6, 6.07) is 15.0. The van der Waals surface area contributed by atoms with Crippen LogP contribution in [0.3, 0.4) is 0 Å². The Labute approximate surface area is 215 Å². The maximum absolute atomic E-state index is 11.8. The number of carbonyl (C=O) groups is 1. The maximum Gasteiger partial charge on any atom is 0.310 e. The summed E-state index contributed by atoms with van der Waals surface area (Å²) in [5.41, 5.74) is 3.49. The van der Waals surface area contributed by atoms with Crippen molar-refractivity contribution in [1.82, 2.24) is 19.9 Å². The van der Waals surface area contributed by atoms with E-state index in [0.717, 1.165) is 16.6 Å². The Morgan fingerprint density at radius 2 is 1.86 bits per heavy atom. The van der Waals surface area contributed by atoms with Crippen LogP contribution in [0.5, 0.6) is 0 Å². The van der Waals surface area contributed by atoms with Gasteiger partial charge in [0, 0.05) is 24.6 Å². The minimum atomic E-state index is -0.247. The lowest BCUT2D eigenvalue weighted by molar-refractivity contribution is -0.288. The van der Waals surface area contributed by atoms with Gasteiger partial charge in [-0.1, -0.05) is 26.0 Å². The molecule has 0 aliphatic heterocycles. The van der Waals surface area contributed by atoms with E-state index in [-0.39, 0.29) is 19.0 Å². The van der Waals surface area contributed by atoms with Crippen molar-refractivity contribution < 1.29 is 25.9 Å². The Hall–Kier alpha value is -3.62. The molecule has 0 saturated heterocycles. The van der Waals surface area contributed by atoms with E-state index >= 15 is 0 Å². The third-order valence-corrected chi connectivity index (χ3v) is 5.50. The highest BCUT2D eigenvalue weighted by Gasteiger charge is 2.16. The molecule has 0 radical (unpaired) electrons. The van der Waals surface area contributed by atoms with Crippen LogP contribution in [0, 0.1) is 17.5 Å². The van der Waals surface area contributed by atoms with Gasteiger partial charge in [0.1, 0.15) is 12.4 Å². The van der Waals surface area contributed by atoms with E-state index in [0.29, 0.717) is 52.8 Å². The number of rotatable bonds is 10. The first-order valence-electron chi connectivity index (χ1n) is 11.8. The topological polar surface area (TPSA) is 99.1 Å². The summed E-state index contributed by atoms with van der Waals surface area (Å²) in [5.74, 6) is 1.28. The molecule has 36 heavy (non-hydrogen) atoms. The average molecular weight is 507 g/mol. The van der Waals surface area contributed by atoms with Crippen molar-refractivity contribution in [2.24, 2.45) is 5.92 Å². The van der Waals surface area contributed by atoms with Gasteiger partial charge in [-0.3, -0.25) is 4.79 Å². The van der Waals surface area contributed by atoms with Crippen LogP contribution in [0.2, 0.25) is 5.02 Å². The third-order valence-electron chi connectivity index (χ3n) is 5.17. The van der Waals surface area contributed by atoms with E-state index in [1.54, 1.807) is 19.2 Å². The molecule has 0 bridgehead atoms. The lowest BCUT2D eigenvalue weighted by atomic mass is 10.1. The zero-order valence-electron chi connectivity index (χ0n) is 20.5. The zero-order chi connectivity index (χ0) is 25.5. The van der Waals surface area contributed by atoms with Crippen molar-refractivity contribution in [3.8, 4) is 11.4 Å². The van der Waals surface area contributed by atoms with Gasteiger partial charge in [0.25, 0.3) is 5.02 Å². The smallest absolute Gasteiger partial charge is 0.310 e. The quantitative estimate of drug-likeness (QED) is 0.306. The van der Waals surface area contributed by atoms with Gasteiger partial charge in [-0.15, -0.1) is 0 Å². The summed E-state index contributed by atoms with van der Waals surface area (Å²) < 4.78 is 10.8. The van der Waals surface area contributed by atoms with E-state index < -0.39 is 0 Å². The minimum absolute atomic E-state index is 0.229. The number of hydrogen-bond acceptors (Lipinski definition) is 8. The van der Waals surface area contributed by atoms with E-state index in [1.165, 1.54) is 0 Å². The van der Waals surface area contributed by atoms with Crippen LogP contribution < -0.4 is 5.32 Å². The minimum Gasteiger partial charge on any atom is -0.466 e. The molecule has 0 aliphatic carbocycles. The van der Waals surface area contributed by atoms with Gasteiger partial charge in [0.05, 0.1) is 24.1 Å². The van der Waals surface area contributed by atoms with E-state index in [2.05, 4.69) is 29.1 Å². The Bertz CT molecular complexity index is 1350. The molecule has 0 unspecified atom stereocenters. The number of halogens is 1. The summed E-state index contributed by atoms with van der Waals surface area (Å²) >= 11 is 5.43. The number of aromatic nitrogens is 4. The number of ether oxygens (including phenoxy) is 2. The molecule has 0 atom stereocenters. The second-order valence-electron chi connectivity index (χ2n) is 8.62. The number of pyridine rings is 2. The van der Waals surface area contributed by atoms with Crippen molar-refractivity contribution in [1.29, 1.82) is 0 Å². The molecule has 0 saturated carbocycles. The summed E-state index contributed by atoms with van der Waals surface area (Å²) in [4.78, 5) is 30.3. The average Bonchev–Trinajstić information content (AvgIpc) is 2.85. The Balaban J connectivity index is 1.65. The van der Waals surface area contributed by atoms with Crippen LogP contribution in [0.4, 0.5) is 11.5 Å². The molecule has 0 aliphatic rings. The number of nitrogens with zero attached hydrogens (tertiary/aromatic N) is 4. The first kappa shape index (κ1) is 25.5. The van der Waals surface area contributed by atoms with Crippen molar-refractivity contribution in [2.75, 3.05) is 18.5 Å². The number of benzene rings is 1. The molecule has 0 amide bonds. The van der Waals surface area contributed by atoms with Gasteiger partial charge in [0.15, 0.2) is 28.8 Å². The molecule has 3 heterocycles. The Kier molecular flexibility index (Phi) is 8.40. The highest BCUT2D eigenvalue weighted by Crippen LogP contribution is 2.27. The molecule has 1 aromatic carbocycles. The standard InChI is InChI=1S/C27H29ClN5O3/c1-4-36-24(34)14-18-7-9-19(10-8-18)30-26-20-11-12-22(25-21(28)6-5-13-29-25)31-27(20)33-23(32-26)16-35-15-17(2)3/h5-13,17,28H,4,14-16H2,1-3H3,(H,30,31,32,33)/q+1. The lowest BCUT2D eigenvalue weighted by Crippen LogP contribution is -2.08. The largest absolute Gasteiger partial charge is 0.466 e. The molecule has 0 fully saturated rings. The Morgan fingerprint density at radius 3 is 2.58 bits per heavy atom. The zero-order valence-corrected chi connectivity index (χ0v) is 21.3. The second kappa shape index (κ2) is 11.9. The van der Waals surface area contributed by atoms with Crippen LogP contribution in [0.1, 0.15) is 32.2 Å².